The van der Waals surface area contributed by atoms with Gasteiger partial charge in [-0.1, -0.05) is 23.8 Å². The van der Waals surface area contributed by atoms with Crippen molar-refractivity contribution in [2.24, 2.45) is 0 Å². The van der Waals surface area contributed by atoms with Gasteiger partial charge < -0.3 is 14.8 Å². The first-order valence-corrected chi connectivity index (χ1v) is 6.80. The molecule has 0 aliphatic heterocycles. The molecule has 0 saturated carbocycles. The number of ether oxygens (including phenoxy) is 2. The van der Waals surface area contributed by atoms with E-state index in [-0.39, 0.29) is 18.9 Å². The van der Waals surface area contributed by atoms with Gasteiger partial charge in [-0.05, 0) is 26.0 Å². The lowest BCUT2D eigenvalue weighted by Crippen LogP contribution is -2.36. The third-order valence-electron chi connectivity index (χ3n) is 2.69. The van der Waals surface area contributed by atoms with Crippen LogP contribution in [0.1, 0.15) is 18.9 Å². The maximum atomic E-state index is 11.6. The zero-order valence-electron chi connectivity index (χ0n) is 12.4. The van der Waals surface area contributed by atoms with Crippen LogP contribution < -0.4 is 10.1 Å². The summed E-state index contributed by atoms with van der Waals surface area (Å²) in [5.41, 5.74) is 1.14. The molecule has 0 heterocycles. The number of carbonyl (C=O) groups excluding carboxylic acids is 2. The Morgan fingerprint density at radius 3 is 2.62 bits per heavy atom. The summed E-state index contributed by atoms with van der Waals surface area (Å²) in [6, 6.07) is 7.54. The van der Waals surface area contributed by atoms with Crippen molar-refractivity contribution in [3.8, 4) is 5.75 Å². The molecule has 5 nitrogen and oxygen atoms in total. The SMILES string of the molecule is C=CCNC(=O)C(C)OC(=O)CCOc1ccc(C)cc1. The van der Waals surface area contributed by atoms with Crippen molar-refractivity contribution in [1.29, 1.82) is 0 Å². The van der Waals surface area contributed by atoms with Crippen molar-refractivity contribution >= 4 is 11.9 Å². The molecule has 1 aromatic carbocycles. The van der Waals surface area contributed by atoms with Crippen LogP contribution in [0.15, 0.2) is 36.9 Å². The zero-order chi connectivity index (χ0) is 15.7. The summed E-state index contributed by atoms with van der Waals surface area (Å²) in [5.74, 6) is -0.115. The van der Waals surface area contributed by atoms with Crippen LogP contribution in [0.3, 0.4) is 0 Å². The average Bonchev–Trinajstić information content (AvgIpc) is 2.46. The van der Waals surface area contributed by atoms with E-state index in [2.05, 4.69) is 11.9 Å². The van der Waals surface area contributed by atoms with E-state index in [0.29, 0.717) is 12.3 Å². The Morgan fingerprint density at radius 1 is 1.33 bits per heavy atom. The number of hydrogen-bond acceptors (Lipinski definition) is 4. The molecule has 0 fully saturated rings. The molecule has 0 saturated heterocycles. The second kappa shape index (κ2) is 8.79. The molecule has 0 aromatic heterocycles. The Morgan fingerprint density at radius 2 is 2.00 bits per heavy atom. The molecule has 0 bridgehead atoms. The predicted octanol–water partition coefficient (Wildman–Crippen LogP) is 2.00. The van der Waals surface area contributed by atoms with Crippen LogP contribution >= 0.6 is 0 Å². The Labute approximate surface area is 124 Å². The van der Waals surface area contributed by atoms with Gasteiger partial charge in [0.2, 0.25) is 0 Å². The first-order valence-electron chi connectivity index (χ1n) is 6.80. The number of nitrogens with one attached hydrogen (secondary N) is 1. The minimum atomic E-state index is -0.822. The molecule has 0 aliphatic carbocycles. The van der Waals surface area contributed by atoms with Crippen LogP contribution in [0, 0.1) is 6.92 Å². The van der Waals surface area contributed by atoms with Crippen molar-refractivity contribution in [3.63, 3.8) is 0 Å². The first kappa shape index (κ1) is 16.8. The van der Waals surface area contributed by atoms with E-state index in [1.807, 2.05) is 31.2 Å². The lowest BCUT2D eigenvalue weighted by Gasteiger charge is -2.13. The third kappa shape index (κ3) is 6.61. The topological polar surface area (TPSA) is 64.6 Å². The molecule has 1 rings (SSSR count). The Kier molecular flexibility index (Phi) is 7.01. The van der Waals surface area contributed by atoms with Crippen LogP contribution in [0.4, 0.5) is 0 Å². The molecule has 0 spiro atoms. The Hall–Kier alpha value is -2.30. The summed E-state index contributed by atoms with van der Waals surface area (Å²) in [7, 11) is 0. The Balaban J connectivity index is 2.25. The molecule has 1 unspecified atom stereocenters. The number of rotatable bonds is 8. The van der Waals surface area contributed by atoms with Gasteiger partial charge in [0.05, 0.1) is 13.0 Å². The summed E-state index contributed by atoms with van der Waals surface area (Å²) >= 11 is 0. The molecular formula is C16H21NO4. The quantitative estimate of drug-likeness (QED) is 0.587. The van der Waals surface area contributed by atoms with E-state index < -0.39 is 12.1 Å². The van der Waals surface area contributed by atoms with Crippen LogP contribution in [-0.4, -0.2) is 31.1 Å². The van der Waals surface area contributed by atoms with E-state index in [4.69, 9.17) is 9.47 Å². The Bertz CT molecular complexity index is 482. The van der Waals surface area contributed by atoms with Crippen molar-refractivity contribution in [2.45, 2.75) is 26.4 Å². The molecule has 1 amide bonds. The first-order chi connectivity index (χ1) is 10.0. The highest BCUT2D eigenvalue weighted by Gasteiger charge is 2.16. The van der Waals surface area contributed by atoms with Crippen LogP contribution in [0.5, 0.6) is 5.75 Å². The van der Waals surface area contributed by atoms with Gasteiger partial charge in [-0.3, -0.25) is 9.59 Å². The van der Waals surface area contributed by atoms with Gasteiger partial charge in [0.25, 0.3) is 5.91 Å². The number of aryl methyl sites for hydroxylation is 1. The normalized spacial score (nSPS) is 11.3. The van der Waals surface area contributed by atoms with Crippen LogP contribution in [0.2, 0.25) is 0 Å². The highest BCUT2D eigenvalue weighted by molar-refractivity contribution is 5.83. The molecule has 0 aliphatic rings. The highest BCUT2D eigenvalue weighted by Crippen LogP contribution is 2.11. The molecule has 0 radical (unpaired) electrons. The maximum absolute atomic E-state index is 11.6. The van der Waals surface area contributed by atoms with Gasteiger partial charge in [-0.25, -0.2) is 0 Å². The molecule has 1 atom stereocenters. The molecule has 5 heteroatoms. The maximum Gasteiger partial charge on any atom is 0.310 e. The van der Waals surface area contributed by atoms with Crippen molar-refractivity contribution in [2.75, 3.05) is 13.2 Å². The summed E-state index contributed by atoms with van der Waals surface area (Å²) in [6.45, 7) is 7.56. The second-order valence-electron chi connectivity index (χ2n) is 4.58. The molecule has 1 N–H and O–H groups in total. The number of amides is 1. The van der Waals surface area contributed by atoms with E-state index in [0.717, 1.165) is 5.56 Å². The van der Waals surface area contributed by atoms with Crippen molar-refractivity contribution < 1.29 is 19.1 Å². The van der Waals surface area contributed by atoms with E-state index in [1.165, 1.54) is 6.92 Å². The second-order valence-corrected chi connectivity index (χ2v) is 4.58. The molecule has 114 valence electrons. The fourth-order valence-electron chi connectivity index (χ4n) is 1.51. The summed E-state index contributed by atoms with van der Waals surface area (Å²) in [5, 5.41) is 2.56. The van der Waals surface area contributed by atoms with Gasteiger partial charge in [-0.2, -0.15) is 0 Å². The smallest absolute Gasteiger partial charge is 0.310 e. The third-order valence-corrected chi connectivity index (χ3v) is 2.69. The zero-order valence-corrected chi connectivity index (χ0v) is 12.4. The standard InChI is InChI=1S/C16H21NO4/c1-4-10-17-16(19)13(3)21-15(18)9-11-20-14-7-5-12(2)6-8-14/h4-8,13H,1,9-11H2,2-3H3,(H,17,19). The molecular weight excluding hydrogens is 270 g/mol. The number of hydrogen-bond donors (Lipinski definition) is 1. The fourth-order valence-corrected chi connectivity index (χ4v) is 1.51. The number of carbonyl (C=O) groups is 2. The van der Waals surface area contributed by atoms with E-state index >= 15 is 0 Å². The monoisotopic (exact) mass is 291 g/mol. The molecule has 21 heavy (non-hydrogen) atoms. The average molecular weight is 291 g/mol. The summed E-state index contributed by atoms with van der Waals surface area (Å²) in [4.78, 5) is 23.1. The fraction of sp³-hybridized carbons (Fsp3) is 0.375. The lowest BCUT2D eigenvalue weighted by molar-refractivity contribution is -0.155. The van der Waals surface area contributed by atoms with Crippen LogP contribution in [-0.2, 0) is 14.3 Å². The number of benzene rings is 1. The van der Waals surface area contributed by atoms with E-state index in [9.17, 15) is 9.59 Å². The predicted molar refractivity (Wildman–Crippen MR) is 80.1 cm³/mol. The molecule has 1 aromatic rings. The highest BCUT2D eigenvalue weighted by atomic mass is 16.5. The van der Waals surface area contributed by atoms with E-state index in [1.54, 1.807) is 6.08 Å². The van der Waals surface area contributed by atoms with Crippen molar-refractivity contribution in [1.82, 2.24) is 5.32 Å². The van der Waals surface area contributed by atoms with Gasteiger partial charge in [0.1, 0.15) is 5.75 Å². The summed E-state index contributed by atoms with van der Waals surface area (Å²) < 4.78 is 10.4. The van der Waals surface area contributed by atoms with Gasteiger partial charge in [0, 0.05) is 6.54 Å². The van der Waals surface area contributed by atoms with Gasteiger partial charge in [0.15, 0.2) is 6.10 Å². The van der Waals surface area contributed by atoms with Crippen LogP contribution in [0.25, 0.3) is 0 Å². The van der Waals surface area contributed by atoms with Gasteiger partial charge in [-0.15, -0.1) is 6.58 Å². The minimum Gasteiger partial charge on any atom is -0.493 e. The minimum absolute atomic E-state index is 0.0902. The summed E-state index contributed by atoms with van der Waals surface area (Å²) in [6.07, 6.45) is 0.825. The largest absolute Gasteiger partial charge is 0.493 e. The number of esters is 1. The lowest BCUT2D eigenvalue weighted by atomic mass is 10.2. The van der Waals surface area contributed by atoms with Gasteiger partial charge >= 0.3 is 5.97 Å². The van der Waals surface area contributed by atoms with Crippen molar-refractivity contribution in [3.05, 3.63) is 42.5 Å².